The first-order valence-electron chi connectivity index (χ1n) is 6.62. The fraction of sp³-hybridized carbons (Fsp3) is 0.571. The zero-order valence-corrected chi connectivity index (χ0v) is 12.4. The molecule has 0 bridgehead atoms. The molecular weight excluding hydrogens is 338 g/mol. The van der Waals surface area contributed by atoms with E-state index in [1.54, 1.807) is 12.1 Å². The molecule has 0 radical (unpaired) electrons. The fourth-order valence-electron chi connectivity index (χ4n) is 2.69. The number of hydrogen-bond donors (Lipinski definition) is 1. The highest BCUT2D eigenvalue weighted by atomic mass is 79.9. The van der Waals surface area contributed by atoms with Crippen molar-refractivity contribution in [2.75, 3.05) is 0 Å². The highest BCUT2D eigenvalue weighted by molar-refractivity contribution is 9.10. The monoisotopic (exact) mass is 353 g/mol. The fourth-order valence-corrected chi connectivity index (χ4v) is 3.10. The van der Waals surface area contributed by atoms with E-state index in [1.807, 2.05) is 0 Å². The van der Waals surface area contributed by atoms with E-state index in [2.05, 4.69) is 21.2 Å². The van der Waals surface area contributed by atoms with Gasteiger partial charge in [0.2, 0.25) is 0 Å². The quantitative estimate of drug-likeness (QED) is 0.769. The topological polar surface area (TPSA) is 12.0 Å². The first-order chi connectivity index (χ1) is 9.38. The number of nitrogens with one attached hydrogen (secondary N) is 1. The van der Waals surface area contributed by atoms with E-state index in [9.17, 15) is 17.6 Å². The summed E-state index contributed by atoms with van der Waals surface area (Å²) in [5, 5.41) is 2.88. The molecule has 1 aromatic carbocycles. The first-order valence-corrected chi connectivity index (χ1v) is 7.41. The lowest BCUT2D eigenvalue weighted by Crippen LogP contribution is -2.45. The van der Waals surface area contributed by atoms with Gasteiger partial charge >= 0.3 is 6.18 Å². The van der Waals surface area contributed by atoms with Crippen molar-refractivity contribution in [2.24, 2.45) is 5.92 Å². The van der Waals surface area contributed by atoms with Gasteiger partial charge in [-0.25, -0.2) is 4.39 Å². The molecule has 2 unspecified atom stereocenters. The molecule has 6 heteroatoms. The summed E-state index contributed by atoms with van der Waals surface area (Å²) in [5.41, 5.74) is 0.380. The van der Waals surface area contributed by atoms with Gasteiger partial charge in [0, 0.05) is 22.6 Å². The van der Waals surface area contributed by atoms with Gasteiger partial charge in [-0.05, 0) is 31.0 Å². The maximum atomic E-state index is 13.6. The second-order valence-corrected chi connectivity index (χ2v) is 6.07. The van der Waals surface area contributed by atoms with Crippen LogP contribution in [-0.2, 0) is 6.54 Å². The van der Waals surface area contributed by atoms with Crippen molar-refractivity contribution in [1.29, 1.82) is 0 Å². The third kappa shape index (κ3) is 3.95. The van der Waals surface area contributed by atoms with E-state index in [0.717, 1.165) is 6.42 Å². The van der Waals surface area contributed by atoms with Crippen LogP contribution in [0, 0.1) is 11.7 Å². The minimum Gasteiger partial charge on any atom is -0.309 e. The van der Waals surface area contributed by atoms with Gasteiger partial charge in [0.1, 0.15) is 5.82 Å². The third-order valence-corrected chi connectivity index (χ3v) is 4.24. The predicted octanol–water partition coefficient (Wildman–Crippen LogP) is 4.80. The first kappa shape index (κ1) is 15.8. The Balaban J connectivity index is 2.03. The molecule has 1 aromatic rings. The molecule has 1 aliphatic rings. The zero-order chi connectivity index (χ0) is 14.8. The molecule has 1 N–H and O–H groups in total. The van der Waals surface area contributed by atoms with Crippen LogP contribution in [0.2, 0.25) is 0 Å². The number of rotatable bonds is 3. The Morgan fingerprint density at radius 1 is 1.20 bits per heavy atom. The molecule has 0 saturated heterocycles. The second-order valence-electron chi connectivity index (χ2n) is 5.16. The van der Waals surface area contributed by atoms with Crippen LogP contribution in [0.15, 0.2) is 22.7 Å². The Morgan fingerprint density at radius 3 is 2.60 bits per heavy atom. The van der Waals surface area contributed by atoms with Gasteiger partial charge in [0.25, 0.3) is 0 Å². The molecule has 0 amide bonds. The van der Waals surface area contributed by atoms with Crippen LogP contribution < -0.4 is 5.32 Å². The smallest absolute Gasteiger partial charge is 0.309 e. The molecule has 1 aliphatic carbocycles. The lowest BCUT2D eigenvalue weighted by Gasteiger charge is -2.33. The van der Waals surface area contributed by atoms with Gasteiger partial charge in [-0.1, -0.05) is 28.8 Å². The van der Waals surface area contributed by atoms with Crippen LogP contribution >= 0.6 is 15.9 Å². The predicted molar refractivity (Wildman–Crippen MR) is 72.7 cm³/mol. The van der Waals surface area contributed by atoms with Crippen molar-refractivity contribution in [3.8, 4) is 0 Å². The van der Waals surface area contributed by atoms with Gasteiger partial charge in [-0.2, -0.15) is 13.2 Å². The molecule has 112 valence electrons. The van der Waals surface area contributed by atoms with Gasteiger partial charge < -0.3 is 5.32 Å². The molecule has 0 aliphatic heterocycles. The minimum atomic E-state index is -4.19. The van der Waals surface area contributed by atoms with Gasteiger partial charge in [0.15, 0.2) is 0 Å². The maximum Gasteiger partial charge on any atom is 0.393 e. The third-order valence-electron chi connectivity index (χ3n) is 3.75. The molecule has 0 aromatic heterocycles. The highest BCUT2D eigenvalue weighted by Gasteiger charge is 2.45. The van der Waals surface area contributed by atoms with Gasteiger partial charge in [-0.3, -0.25) is 0 Å². The van der Waals surface area contributed by atoms with Crippen LogP contribution in [0.5, 0.6) is 0 Å². The summed E-state index contributed by atoms with van der Waals surface area (Å²) in [5.74, 6) is -1.73. The average Bonchev–Trinajstić information content (AvgIpc) is 2.39. The van der Waals surface area contributed by atoms with E-state index in [4.69, 9.17) is 0 Å². The summed E-state index contributed by atoms with van der Waals surface area (Å²) in [4.78, 5) is 0. The van der Waals surface area contributed by atoms with E-state index >= 15 is 0 Å². The lowest BCUT2D eigenvalue weighted by atomic mass is 9.84. The molecule has 2 atom stereocenters. The van der Waals surface area contributed by atoms with Crippen molar-refractivity contribution >= 4 is 15.9 Å². The van der Waals surface area contributed by atoms with Crippen LogP contribution in [0.3, 0.4) is 0 Å². The molecular formula is C14H16BrF4N. The second kappa shape index (κ2) is 6.43. The van der Waals surface area contributed by atoms with Crippen molar-refractivity contribution in [3.05, 3.63) is 34.1 Å². The Hall–Kier alpha value is -0.620. The summed E-state index contributed by atoms with van der Waals surface area (Å²) in [6, 6.07) is 3.84. The Labute approximate surface area is 123 Å². The highest BCUT2D eigenvalue weighted by Crippen LogP contribution is 2.37. The largest absolute Gasteiger partial charge is 0.393 e. The summed E-state index contributed by atoms with van der Waals surface area (Å²) in [6.07, 6.45) is -2.16. The Kier molecular flexibility index (Phi) is 5.07. The number of benzene rings is 1. The molecule has 1 saturated carbocycles. The SMILES string of the molecule is Fc1ccc(Br)cc1CNC1CCCCC1C(F)(F)F. The molecule has 1 fully saturated rings. The Morgan fingerprint density at radius 2 is 1.90 bits per heavy atom. The standard InChI is InChI=1S/C14H16BrF4N/c15-10-5-6-12(16)9(7-10)8-20-13-4-2-1-3-11(13)14(17,18)19/h5-7,11,13,20H,1-4,8H2. The molecule has 20 heavy (non-hydrogen) atoms. The zero-order valence-electron chi connectivity index (χ0n) is 10.8. The average molecular weight is 354 g/mol. The van der Waals surface area contributed by atoms with E-state index < -0.39 is 24.0 Å². The van der Waals surface area contributed by atoms with Crippen LogP contribution in [0.1, 0.15) is 31.2 Å². The summed E-state index contributed by atoms with van der Waals surface area (Å²) in [7, 11) is 0. The molecule has 2 rings (SSSR count). The normalized spacial score (nSPS) is 23.9. The van der Waals surface area contributed by atoms with Crippen molar-refractivity contribution < 1.29 is 17.6 Å². The van der Waals surface area contributed by atoms with E-state index in [1.165, 1.54) is 6.07 Å². The van der Waals surface area contributed by atoms with Crippen molar-refractivity contribution in [3.63, 3.8) is 0 Å². The number of hydrogen-bond acceptors (Lipinski definition) is 1. The van der Waals surface area contributed by atoms with E-state index in [0.29, 0.717) is 22.9 Å². The number of halogens is 5. The van der Waals surface area contributed by atoms with E-state index in [-0.39, 0.29) is 13.0 Å². The lowest BCUT2D eigenvalue weighted by molar-refractivity contribution is -0.189. The maximum absolute atomic E-state index is 13.6. The van der Waals surface area contributed by atoms with Crippen molar-refractivity contribution in [1.82, 2.24) is 5.32 Å². The van der Waals surface area contributed by atoms with Gasteiger partial charge in [-0.15, -0.1) is 0 Å². The summed E-state index contributed by atoms with van der Waals surface area (Å²) < 4.78 is 53.1. The van der Waals surface area contributed by atoms with Crippen molar-refractivity contribution in [2.45, 2.75) is 44.4 Å². The summed E-state index contributed by atoms with van der Waals surface area (Å²) >= 11 is 3.23. The minimum absolute atomic E-state index is 0.114. The molecule has 0 heterocycles. The Bertz CT molecular complexity index is 461. The van der Waals surface area contributed by atoms with Crippen LogP contribution in [-0.4, -0.2) is 12.2 Å². The van der Waals surface area contributed by atoms with Crippen LogP contribution in [0.4, 0.5) is 17.6 Å². The molecule has 1 nitrogen and oxygen atoms in total. The van der Waals surface area contributed by atoms with Crippen LogP contribution in [0.25, 0.3) is 0 Å². The molecule has 0 spiro atoms. The number of alkyl halides is 3. The van der Waals surface area contributed by atoms with Gasteiger partial charge in [0.05, 0.1) is 5.92 Å². The summed E-state index contributed by atoms with van der Waals surface area (Å²) in [6.45, 7) is 0.114.